The Morgan fingerprint density at radius 3 is 2.70 bits per heavy atom. The van der Waals surface area contributed by atoms with Crippen molar-refractivity contribution in [3.63, 3.8) is 0 Å². The lowest BCUT2D eigenvalue weighted by molar-refractivity contribution is 0.156. The van der Waals surface area contributed by atoms with Crippen molar-refractivity contribution in [3.8, 4) is 11.1 Å². The fourth-order valence-corrected chi connectivity index (χ4v) is 4.20. The Labute approximate surface area is 138 Å². The van der Waals surface area contributed by atoms with E-state index in [0.717, 1.165) is 25.2 Å². The highest BCUT2D eigenvalue weighted by Gasteiger charge is 2.31. The number of hydrogen-bond acceptors (Lipinski definition) is 1. The van der Waals surface area contributed by atoms with Crippen molar-refractivity contribution in [1.29, 1.82) is 0 Å². The van der Waals surface area contributed by atoms with E-state index in [4.69, 9.17) is 0 Å². The van der Waals surface area contributed by atoms with Crippen molar-refractivity contribution in [3.05, 3.63) is 70.6 Å². The van der Waals surface area contributed by atoms with Gasteiger partial charge in [0.1, 0.15) is 0 Å². The van der Waals surface area contributed by atoms with Gasteiger partial charge in [0, 0.05) is 5.92 Å². The zero-order chi connectivity index (χ0) is 16.0. The lowest BCUT2D eigenvalue weighted by Gasteiger charge is -2.33. The standard InChI is InChI=1S/C22H23O/c1-14(2)22(23)20-9-5-7-16-11-12-18-17-8-4-3-6-15(17)10-13-19(18)21(16)20/h3-8,11-12,20,22-23H,9-10,13H2,1-2H3. The fourth-order valence-electron chi connectivity index (χ4n) is 4.20. The molecular weight excluding hydrogens is 280 g/mol. The molecule has 0 aliphatic heterocycles. The molecule has 117 valence electrons. The molecule has 0 aromatic heterocycles. The summed E-state index contributed by atoms with van der Waals surface area (Å²) in [6, 6.07) is 13.2. The second-order valence-electron chi connectivity index (χ2n) is 7.02. The lowest BCUT2D eigenvalue weighted by Crippen LogP contribution is -2.26. The zero-order valence-electron chi connectivity index (χ0n) is 13.8. The second kappa shape index (κ2) is 5.65. The summed E-state index contributed by atoms with van der Waals surface area (Å²) in [4.78, 5) is 0. The average molecular weight is 303 g/mol. The molecule has 0 amide bonds. The Kier molecular flexibility index (Phi) is 3.61. The summed E-state index contributed by atoms with van der Waals surface area (Å²) >= 11 is 0. The van der Waals surface area contributed by atoms with Gasteiger partial charge in [0.15, 0.2) is 0 Å². The van der Waals surface area contributed by atoms with E-state index in [1.165, 1.54) is 33.4 Å². The maximum absolute atomic E-state index is 10.7. The van der Waals surface area contributed by atoms with Crippen LogP contribution in [0.1, 0.15) is 48.4 Å². The molecule has 23 heavy (non-hydrogen) atoms. The molecule has 1 nitrogen and oxygen atoms in total. The first-order chi connectivity index (χ1) is 11.2. The molecule has 2 aliphatic carbocycles. The Morgan fingerprint density at radius 1 is 1.04 bits per heavy atom. The van der Waals surface area contributed by atoms with Crippen LogP contribution >= 0.6 is 0 Å². The van der Waals surface area contributed by atoms with Crippen LogP contribution in [-0.2, 0) is 12.8 Å². The molecule has 1 N–H and O–H groups in total. The number of fused-ring (bicyclic) bond motifs is 5. The fraction of sp³-hybridized carbons (Fsp3) is 0.318. The number of aliphatic hydroxyl groups is 1. The maximum Gasteiger partial charge on any atom is 0.0668 e. The molecule has 0 bridgehead atoms. The van der Waals surface area contributed by atoms with Crippen molar-refractivity contribution in [2.45, 2.75) is 45.1 Å². The predicted molar refractivity (Wildman–Crippen MR) is 96.3 cm³/mol. The van der Waals surface area contributed by atoms with Gasteiger partial charge in [0.05, 0.1) is 6.10 Å². The van der Waals surface area contributed by atoms with Crippen molar-refractivity contribution in [1.82, 2.24) is 0 Å². The summed E-state index contributed by atoms with van der Waals surface area (Å²) < 4.78 is 0. The van der Waals surface area contributed by atoms with Gasteiger partial charge in [-0.1, -0.05) is 62.4 Å². The van der Waals surface area contributed by atoms with Gasteiger partial charge in [0.2, 0.25) is 0 Å². The van der Waals surface area contributed by atoms with E-state index in [2.05, 4.69) is 48.6 Å². The molecule has 1 heteroatoms. The predicted octanol–water partition coefficient (Wildman–Crippen LogP) is 4.93. The van der Waals surface area contributed by atoms with E-state index >= 15 is 0 Å². The summed E-state index contributed by atoms with van der Waals surface area (Å²) in [5.74, 6) is 1.30. The molecule has 2 aromatic rings. The minimum absolute atomic E-state index is 0.195. The van der Waals surface area contributed by atoms with Crippen LogP contribution in [0.5, 0.6) is 0 Å². The van der Waals surface area contributed by atoms with Gasteiger partial charge < -0.3 is 5.11 Å². The van der Waals surface area contributed by atoms with Crippen LogP contribution in [0.25, 0.3) is 17.2 Å². The second-order valence-corrected chi connectivity index (χ2v) is 7.02. The third-order valence-electron chi connectivity index (χ3n) is 5.37. The molecule has 1 radical (unpaired) electrons. The highest BCUT2D eigenvalue weighted by atomic mass is 16.3. The Bertz CT molecular complexity index is 770. The molecule has 0 saturated heterocycles. The van der Waals surface area contributed by atoms with Crippen LogP contribution in [0, 0.1) is 5.92 Å². The SMILES string of the molecule is C[C](C)C(O)C1CC=Cc2ccc3c(c21)CCc1ccccc1-3. The van der Waals surface area contributed by atoms with Crippen LogP contribution in [0.15, 0.2) is 42.5 Å². The summed E-state index contributed by atoms with van der Waals surface area (Å²) in [6.45, 7) is 4.07. The number of aryl methyl sites for hydroxylation is 1. The van der Waals surface area contributed by atoms with Crippen LogP contribution in [0.2, 0.25) is 0 Å². The Hall–Kier alpha value is -1.86. The van der Waals surface area contributed by atoms with Gasteiger partial charge in [-0.05, 0) is 58.6 Å². The normalized spacial score (nSPS) is 19.9. The minimum atomic E-state index is -0.359. The van der Waals surface area contributed by atoms with E-state index in [-0.39, 0.29) is 12.0 Å². The molecule has 0 fully saturated rings. The van der Waals surface area contributed by atoms with E-state index in [1.54, 1.807) is 0 Å². The van der Waals surface area contributed by atoms with Crippen LogP contribution in [-0.4, -0.2) is 11.2 Å². The molecule has 2 aliphatic rings. The largest absolute Gasteiger partial charge is 0.392 e. The van der Waals surface area contributed by atoms with E-state index in [9.17, 15) is 5.11 Å². The summed E-state index contributed by atoms with van der Waals surface area (Å²) in [7, 11) is 0. The zero-order valence-corrected chi connectivity index (χ0v) is 13.8. The molecule has 2 unspecified atom stereocenters. The molecule has 4 rings (SSSR count). The Balaban J connectivity index is 1.90. The van der Waals surface area contributed by atoms with Gasteiger partial charge in [-0.25, -0.2) is 0 Å². The van der Waals surface area contributed by atoms with Gasteiger partial charge in [-0.2, -0.15) is 0 Å². The quantitative estimate of drug-likeness (QED) is 0.834. The number of aliphatic hydroxyl groups excluding tert-OH is 1. The average Bonchev–Trinajstić information content (AvgIpc) is 2.59. The summed E-state index contributed by atoms with van der Waals surface area (Å²) in [6.07, 6.45) is 7.18. The minimum Gasteiger partial charge on any atom is -0.392 e. The van der Waals surface area contributed by atoms with E-state index < -0.39 is 0 Å². The summed E-state index contributed by atoms with van der Waals surface area (Å²) in [5, 5.41) is 10.7. The highest BCUT2D eigenvalue weighted by molar-refractivity contribution is 5.78. The van der Waals surface area contributed by atoms with Crippen LogP contribution in [0.4, 0.5) is 0 Å². The lowest BCUT2D eigenvalue weighted by atomic mass is 9.73. The van der Waals surface area contributed by atoms with Crippen LogP contribution in [0.3, 0.4) is 0 Å². The number of benzene rings is 2. The molecule has 0 saturated carbocycles. The monoisotopic (exact) mass is 303 g/mol. The first kappa shape index (κ1) is 14.7. The maximum atomic E-state index is 10.7. The molecule has 2 atom stereocenters. The number of hydrogen-bond donors (Lipinski definition) is 1. The third-order valence-corrected chi connectivity index (χ3v) is 5.37. The van der Waals surface area contributed by atoms with Crippen molar-refractivity contribution in [2.75, 3.05) is 0 Å². The van der Waals surface area contributed by atoms with Gasteiger partial charge in [-0.3, -0.25) is 0 Å². The van der Waals surface area contributed by atoms with Crippen LogP contribution < -0.4 is 0 Å². The van der Waals surface area contributed by atoms with Gasteiger partial charge in [-0.15, -0.1) is 0 Å². The third kappa shape index (κ3) is 2.35. The van der Waals surface area contributed by atoms with Crippen molar-refractivity contribution in [2.24, 2.45) is 0 Å². The topological polar surface area (TPSA) is 20.2 Å². The first-order valence-electron chi connectivity index (χ1n) is 8.55. The first-order valence-corrected chi connectivity index (χ1v) is 8.55. The van der Waals surface area contributed by atoms with Crippen molar-refractivity contribution >= 4 is 6.08 Å². The summed E-state index contributed by atoms with van der Waals surface area (Å²) in [5.41, 5.74) is 8.31. The number of rotatable bonds is 2. The Morgan fingerprint density at radius 2 is 1.87 bits per heavy atom. The van der Waals surface area contributed by atoms with E-state index in [0.29, 0.717) is 0 Å². The molecule has 0 heterocycles. The highest BCUT2D eigenvalue weighted by Crippen LogP contribution is 2.43. The number of allylic oxidation sites excluding steroid dienone is 1. The molecular formula is C22H23O. The van der Waals surface area contributed by atoms with Gasteiger partial charge in [0.25, 0.3) is 0 Å². The molecule has 0 spiro atoms. The van der Waals surface area contributed by atoms with Gasteiger partial charge >= 0.3 is 0 Å². The van der Waals surface area contributed by atoms with E-state index in [1.807, 2.05) is 13.8 Å². The van der Waals surface area contributed by atoms with Crippen molar-refractivity contribution < 1.29 is 5.11 Å². The molecule has 2 aromatic carbocycles. The smallest absolute Gasteiger partial charge is 0.0668 e.